The molecule has 0 atom stereocenters. The van der Waals surface area contributed by atoms with E-state index in [2.05, 4.69) is 4.98 Å². The number of hydrogen-bond donors (Lipinski definition) is 1. The average Bonchev–Trinajstić information content (AvgIpc) is 3.38. The Morgan fingerprint density at radius 1 is 1.22 bits per heavy atom. The lowest BCUT2D eigenvalue weighted by atomic mass is 10.1. The monoisotopic (exact) mass is 384 g/mol. The van der Waals surface area contributed by atoms with Crippen LogP contribution in [0.15, 0.2) is 47.5 Å². The van der Waals surface area contributed by atoms with Gasteiger partial charge in [0, 0.05) is 23.2 Å². The third-order valence-electron chi connectivity index (χ3n) is 4.66. The predicted octanol–water partition coefficient (Wildman–Crippen LogP) is 3.94. The van der Waals surface area contributed by atoms with Gasteiger partial charge < -0.3 is 9.72 Å². The molecule has 0 radical (unpaired) electrons. The van der Waals surface area contributed by atoms with Gasteiger partial charge in [-0.15, -0.1) is 0 Å². The normalized spacial score (nSPS) is 14.2. The molecular formula is C20H17FN2O3S. The van der Waals surface area contributed by atoms with Gasteiger partial charge in [0.15, 0.2) is 9.84 Å². The molecule has 1 fully saturated rings. The lowest BCUT2D eigenvalue weighted by molar-refractivity contribution is 0.300. The van der Waals surface area contributed by atoms with Gasteiger partial charge in [0.1, 0.15) is 11.6 Å². The number of aromatic amines is 1. The predicted molar refractivity (Wildman–Crippen MR) is 98.5 cm³/mol. The van der Waals surface area contributed by atoms with Crippen LogP contribution in [0.1, 0.15) is 24.0 Å². The number of nitrogens with zero attached hydrogens (tertiary/aromatic N) is 1. The summed E-state index contributed by atoms with van der Waals surface area (Å²) < 4.78 is 45.4. The van der Waals surface area contributed by atoms with E-state index in [1.54, 1.807) is 18.2 Å². The van der Waals surface area contributed by atoms with E-state index in [-0.39, 0.29) is 16.0 Å². The van der Waals surface area contributed by atoms with Gasteiger partial charge in [-0.2, -0.15) is 5.26 Å². The molecule has 0 spiro atoms. The summed E-state index contributed by atoms with van der Waals surface area (Å²) >= 11 is 0. The number of fused-ring (bicyclic) bond motifs is 1. The second-order valence-electron chi connectivity index (χ2n) is 6.79. The van der Waals surface area contributed by atoms with Gasteiger partial charge >= 0.3 is 0 Å². The summed E-state index contributed by atoms with van der Waals surface area (Å²) in [6.07, 6.45) is 3.81. The Morgan fingerprint density at radius 3 is 2.74 bits per heavy atom. The highest BCUT2D eigenvalue weighted by Crippen LogP contribution is 2.32. The van der Waals surface area contributed by atoms with Gasteiger partial charge in [0.05, 0.1) is 34.4 Å². The van der Waals surface area contributed by atoms with Crippen LogP contribution < -0.4 is 4.74 Å². The van der Waals surface area contributed by atoms with Crippen LogP contribution in [-0.2, 0) is 15.6 Å². The Hall–Kier alpha value is -2.85. The van der Waals surface area contributed by atoms with Gasteiger partial charge in [-0.05, 0) is 43.0 Å². The maximum absolute atomic E-state index is 14.1. The lowest BCUT2D eigenvalue weighted by Crippen LogP contribution is -2.06. The number of hydrogen-bond acceptors (Lipinski definition) is 4. The molecule has 2 aromatic carbocycles. The van der Waals surface area contributed by atoms with Crippen molar-refractivity contribution in [2.75, 3.05) is 6.61 Å². The highest BCUT2D eigenvalue weighted by atomic mass is 32.2. The molecule has 0 aliphatic heterocycles. The van der Waals surface area contributed by atoms with Gasteiger partial charge in [-0.1, -0.05) is 6.07 Å². The van der Waals surface area contributed by atoms with Crippen molar-refractivity contribution < 1.29 is 17.5 Å². The zero-order valence-electron chi connectivity index (χ0n) is 14.4. The van der Waals surface area contributed by atoms with Crippen molar-refractivity contribution in [3.63, 3.8) is 0 Å². The number of halogens is 1. The van der Waals surface area contributed by atoms with Crippen LogP contribution in [0.4, 0.5) is 4.39 Å². The molecule has 1 saturated carbocycles. The third-order valence-corrected chi connectivity index (χ3v) is 6.36. The van der Waals surface area contributed by atoms with Crippen molar-refractivity contribution >= 4 is 20.7 Å². The zero-order chi connectivity index (χ0) is 19.0. The molecule has 138 valence electrons. The molecule has 7 heteroatoms. The van der Waals surface area contributed by atoms with E-state index < -0.39 is 21.4 Å². The molecule has 1 aromatic heterocycles. The average molecular weight is 384 g/mol. The SMILES string of the molecule is N#Cc1ccc(CS(=O)(=O)c2c[nH]c3cc(OCC4CC4)ccc23)c(F)c1. The van der Waals surface area contributed by atoms with Crippen LogP contribution >= 0.6 is 0 Å². The number of rotatable bonds is 6. The van der Waals surface area contributed by atoms with E-state index in [1.165, 1.54) is 31.2 Å². The summed E-state index contributed by atoms with van der Waals surface area (Å²) in [5.74, 6) is 0.145. The quantitative estimate of drug-likeness (QED) is 0.698. The fourth-order valence-electron chi connectivity index (χ4n) is 2.94. The lowest BCUT2D eigenvalue weighted by Gasteiger charge is -2.07. The van der Waals surface area contributed by atoms with E-state index in [0.29, 0.717) is 29.2 Å². The van der Waals surface area contributed by atoms with Crippen LogP contribution in [0.3, 0.4) is 0 Å². The minimum Gasteiger partial charge on any atom is -0.493 e. The second-order valence-corrected chi connectivity index (χ2v) is 8.75. The number of nitriles is 1. The molecule has 0 saturated heterocycles. The molecule has 1 aliphatic rings. The third kappa shape index (κ3) is 3.67. The van der Waals surface area contributed by atoms with Crippen molar-refractivity contribution in [2.24, 2.45) is 5.92 Å². The van der Waals surface area contributed by atoms with E-state index >= 15 is 0 Å². The summed E-state index contributed by atoms with van der Waals surface area (Å²) in [7, 11) is -3.76. The van der Waals surface area contributed by atoms with E-state index in [9.17, 15) is 12.8 Å². The van der Waals surface area contributed by atoms with Gasteiger partial charge in [0.25, 0.3) is 0 Å². The molecule has 1 heterocycles. The Labute approximate surface area is 156 Å². The van der Waals surface area contributed by atoms with E-state index in [4.69, 9.17) is 10.00 Å². The summed E-state index contributed by atoms with van der Waals surface area (Å²) in [5.41, 5.74) is 0.842. The smallest absolute Gasteiger partial charge is 0.184 e. The van der Waals surface area contributed by atoms with Gasteiger partial charge in [0.2, 0.25) is 0 Å². The van der Waals surface area contributed by atoms with Crippen molar-refractivity contribution in [1.82, 2.24) is 4.98 Å². The topological polar surface area (TPSA) is 83.0 Å². The molecule has 3 aromatic rings. The van der Waals surface area contributed by atoms with Gasteiger partial charge in [-0.3, -0.25) is 0 Å². The fraction of sp³-hybridized carbons (Fsp3) is 0.250. The Kier molecular flexibility index (Phi) is 4.36. The maximum Gasteiger partial charge on any atom is 0.184 e. The first-order valence-corrected chi connectivity index (χ1v) is 10.3. The molecule has 4 rings (SSSR count). The van der Waals surface area contributed by atoms with E-state index in [1.807, 2.05) is 6.07 Å². The highest BCUT2D eigenvalue weighted by molar-refractivity contribution is 7.90. The second kappa shape index (κ2) is 6.71. The molecule has 0 unspecified atom stereocenters. The number of ether oxygens (including phenoxy) is 1. The molecular weight excluding hydrogens is 367 g/mol. The van der Waals surface area contributed by atoms with Crippen LogP contribution in [0.5, 0.6) is 5.75 Å². The minimum atomic E-state index is -3.76. The minimum absolute atomic E-state index is 0.0349. The number of aromatic nitrogens is 1. The first-order chi connectivity index (χ1) is 13.0. The Bertz CT molecular complexity index is 1160. The van der Waals surface area contributed by atoms with Crippen LogP contribution in [0.25, 0.3) is 10.9 Å². The first kappa shape index (κ1) is 17.6. The molecule has 1 aliphatic carbocycles. The molecule has 27 heavy (non-hydrogen) atoms. The molecule has 0 amide bonds. The number of nitrogens with one attached hydrogen (secondary N) is 1. The van der Waals surface area contributed by atoms with Crippen LogP contribution in [0.2, 0.25) is 0 Å². The van der Waals surface area contributed by atoms with Crippen LogP contribution in [0, 0.1) is 23.1 Å². The summed E-state index contributed by atoms with van der Waals surface area (Å²) in [5, 5.41) is 9.34. The Balaban J connectivity index is 1.61. The largest absolute Gasteiger partial charge is 0.493 e. The van der Waals surface area contributed by atoms with Gasteiger partial charge in [-0.25, -0.2) is 12.8 Å². The van der Waals surface area contributed by atoms with Crippen molar-refractivity contribution in [3.8, 4) is 11.8 Å². The molecule has 5 nitrogen and oxygen atoms in total. The summed E-state index contributed by atoms with van der Waals surface area (Å²) in [6.45, 7) is 0.676. The van der Waals surface area contributed by atoms with Crippen molar-refractivity contribution in [3.05, 3.63) is 59.5 Å². The first-order valence-electron chi connectivity index (χ1n) is 8.61. The summed E-state index contributed by atoms with van der Waals surface area (Å²) in [6, 6.07) is 10.9. The maximum atomic E-state index is 14.1. The van der Waals surface area contributed by atoms with E-state index in [0.717, 1.165) is 6.07 Å². The number of sulfone groups is 1. The molecule has 1 N–H and O–H groups in total. The highest BCUT2D eigenvalue weighted by Gasteiger charge is 2.23. The van der Waals surface area contributed by atoms with Crippen LogP contribution in [-0.4, -0.2) is 20.0 Å². The standard InChI is InChI=1S/C20H17FN2O3S/c21-18-7-14(9-22)3-4-15(18)12-27(24,25)20-10-23-19-8-16(5-6-17(19)20)26-11-13-1-2-13/h3-8,10,13,23H,1-2,11-12H2. The fourth-order valence-corrected chi connectivity index (χ4v) is 4.49. The zero-order valence-corrected chi connectivity index (χ0v) is 15.2. The summed E-state index contributed by atoms with van der Waals surface area (Å²) in [4.78, 5) is 3.08. The number of benzene rings is 2. The van der Waals surface area contributed by atoms with Crippen molar-refractivity contribution in [2.45, 2.75) is 23.5 Å². The van der Waals surface area contributed by atoms with Crippen molar-refractivity contribution in [1.29, 1.82) is 5.26 Å². The Morgan fingerprint density at radius 2 is 2.04 bits per heavy atom. The number of H-pyrrole nitrogens is 1. The molecule has 0 bridgehead atoms.